The normalized spacial score (nSPS) is 13.8. The average molecular weight is 1070 g/mol. The minimum absolute atomic E-state index is 0.0310. The molecule has 0 atom stereocenters. The first-order valence-electron chi connectivity index (χ1n) is 33.0. The SMILES string of the molecule is CCCCCCCCC1(CCCCCCCC)c2ccccc2-c2ccc(-c3ccc4c5ccc(-c6ccc7c(c6)C(CCCCCCCC)(CCCCCCCC)c6ccccc6-7)cc5c5nc6cc(C)ccc6nc5c4c3)cc21. The van der Waals surface area contributed by atoms with Crippen LogP contribution in [0.4, 0.5) is 0 Å². The van der Waals surface area contributed by atoms with Gasteiger partial charge in [0.2, 0.25) is 0 Å². The molecule has 2 nitrogen and oxygen atoms in total. The van der Waals surface area contributed by atoms with E-state index < -0.39 is 0 Å². The number of hydrogen-bond acceptors (Lipinski definition) is 2. The number of rotatable bonds is 30. The fourth-order valence-electron chi connectivity index (χ4n) is 15.3. The molecule has 2 aliphatic rings. The molecule has 11 rings (SSSR count). The van der Waals surface area contributed by atoms with Gasteiger partial charge < -0.3 is 0 Å². The average Bonchev–Trinajstić information content (AvgIpc) is 3.94. The summed E-state index contributed by atoms with van der Waals surface area (Å²) in [6.07, 6.45) is 36.6. The van der Waals surface area contributed by atoms with Crippen LogP contribution in [0.1, 0.15) is 235 Å². The molecule has 1 heterocycles. The van der Waals surface area contributed by atoms with Gasteiger partial charge in [-0.25, -0.2) is 9.97 Å². The molecule has 0 saturated carbocycles. The van der Waals surface area contributed by atoms with Gasteiger partial charge in [-0.15, -0.1) is 0 Å². The van der Waals surface area contributed by atoms with Crippen molar-refractivity contribution < 1.29 is 0 Å². The molecule has 0 radical (unpaired) electrons. The summed E-state index contributed by atoms with van der Waals surface area (Å²) in [5.41, 5.74) is 22.3. The van der Waals surface area contributed by atoms with Crippen LogP contribution in [0.15, 0.2) is 140 Å². The van der Waals surface area contributed by atoms with Crippen molar-refractivity contribution in [3.63, 3.8) is 0 Å². The lowest BCUT2D eigenvalue weighted by Crippen LogP contribution is -2.25. The fraction of sp³-hybridized carbons (Fsp3) is 0.443. The molecule has 420 valence electrons. The van der Waals surface area contributed by atoms with E-state index >= 15 is 0 Å². The first-order valence-corrected chi connectivity index (χ1v) is 33.0. The van der Waals surface area contributed by atoms with Crippen LogP contribution in [0.3, 0.4) is 0 Å². The zero-order chi connectivity index (χ0) is 55.6. The lowest BCUT2D eigenvalue weighted by molar-refractivity contribution is 0.398. The quantitative estimate of drug-likeness (QED) is 0.0255. The third-order valence-electron chi connectivity index (χ3n) is 19.7. The molecule has 2 aliphatic carbocycles. The second-order valence-electron chi connectivity index (χ2n) is 25.3. The highest BCUT2D eigenvalue weighted by molar-refractivity contribution is 6.25. The van der Waals surface area contributed by atoms with Gasteiger partial charge in [-0.05, 0) is 152 Å². The van der Waals surface area contributed by atoms with E-state index in [1.165, 1.54) is 251 Å². The van der Waals surface area contributed by atoms with E-state index in [0.717, 1.165) is 22.1 Å². The number of aromatic nitrogens is 2. The van der Waals surface area contributed by atoms with Crippen molar-refractivity contribution in [1.29, 1.82) is 0 Å². The zero-order valence-electron chi connectivity index (χ0n) is 50.5. The number of aryl methyl sites for hydroxylation is 1. The van der Waals surface area contributed by atoms with Crippen LogP contribution in [0.25, 0.3) is 88.1 Å². The summed E-state index contributed by atoms with van der Waals surface area (Å²) >= 11 is 0. The summed E-state index contributed by atoms with van der Waals surface area (Å²) in [7, 11) is 0. The van der Waals surface area contributed by atoms with Crippen LogP contribution in [0.5, 0.6) is 0 Å². The lowest BCUT2D eigenvalue weighted by atomic mass is 9.70. The molecular weight excluding hydrogens is 977 g/mol. The van der Waals surface area contributed by atoms with Gasteiger partial charge in [0, 0.05) is 21.6 Å². The molecule has 0 spiro atoms. The molecule has 0 N–H and O–H groups in total. The van der Waals surface area contributed by atoms with Crippen molar-refractivity contribution in [3.8, 4) is 44.5 Å². The van der Waals surface area contributed by atoms with E-state index in [1.807, 2.05) is 0 Å². The number of hydrogen-bond donors (Lipinski definition) is 0. The Morgan fingerprint density at radius 1 is 0.284 bits per heavy atom. The maximum absolute atomic E-state index is 5.61. The summed E-state index contributed by atoms with van der Waals surface area (Å²) in [5, 5.41) is 4.84. The van der Waals surface area contributed by atoms with Gasteiger partial charge in [-0.2, -0.15) is 0 Å². The van der Waals surface area contributed by atoms with Gasteiger partial charge in [-0.1, -0.05) is 285 Å². The predicted octanol–water partition coefficient (Wildman–Crippen LogP) is 24.3. The van der Waals surface area contributed by atoms with Crippen LogP contribution in [-0.4, -0.2) is 9.97 Å². The number of nitrogens with zero attached hydrogens (tertiary/aromatic N) is 2. The summed E-state index contributed by atoms with van der Waals surface area (Å²) in [6, 6.07) is 55.0. The van der Waals surface area contributed by atoms with Crippen LogP contribution < -0.4 is 0 Å². The highest BCUT2D eigenvalue weighted by atomic mass is 14.8. The monoisotopic (exact) mass is 1070 g/mol. The molecule has 1 aromatic heterocycles. The Morgan fingerprint density at radius 3 is 1.05 bits per heavy atom. The van der Waals surface area contributed by atoms with Crippen molar-refractivity contribution in [3.05, 3.63) is 167 Å². The van der Waals surface area contributed by atoms with Crippen molar-refractivity contribution >= 4 is 43.6 Å². The Bertz CT molecular complexity index is 3560. The highest BCUT2D eigenvalue weighted by Gasteiger charge is 2.44. The minimum Gasteiger partial charge on any atom is -0.244 e. The molecule has 8 aromatic carbocycles. The van der Waals surface area contributed by atoms with E-state index in [1.54, 1.807) is 22.3 Å². The smallest absolute Gasteiger partial charge is 0.0979 e. The Hall–Kier alpha value is -6.12. The largest absolute Gasteiger partial charge is 0.244 e. The van der Waals surface area contributed by atoms with Crippen LogP contribution in [0, 0.1) is 6.92 Å². The molecule has 81 heavy (non-hydrogen) atoms. The molecule has 0 amide bonds. The van der Waals surface area contributed by atoms with Crippen molar-refractivity contribution in [1.82, 2.24) is 9.97 Å². The van der Waals surface area contributed by atoms with Gasteiger partial charge in [0.1, 0.15) is 0 Å². The molecule has 0 saturated heterocycles. The van der Waals surface area contributed by atoms with E-state index in [9.17, 15) is 0 Å². The second-order valence-corrected chi connectivity index (χ2v) is 25.3. The summed E-state index contributed by atoms with van der Waals surface area (Å²) in [5.74, 6) is 0. The summed E-state index contributed by atoms with van der Waals surface area (Å²) in [6.45, 7) is 11.5. The first kappa shape index (κ1) is 56.7. The zero-order valence-corrected chi connectivity index (χ0v) is 50.5. The first-order chi connectivity index (χ1) is 39.9. The molecule has 2 heteroatoms. The van der Waals surface area contributed by atoms with E-state index in [0.29, 0.717) is 0 Å². The van der Waals surface area contributed by atoms with Gasteiger partial charge in [0.05, 0.1) is 22.1 Å². The van der Waals surface area contributed by atoms with Crippen LogP contribution >= 0.6 is 0 Å². The van der Waals surface area contributed by atoms with E-state index in [2.05, 4.69) is 174 Å². The summed E-state index contributed by atoms with van der Waals surface area (Å²) < 4.78 is 0. The standard InChI is InChI=1S/C79H94N2/c1-6-10-14-18-22-30-48-78(49-31-23-19-15-11-7-2)70-36-28-26-34-64(70)66-45-41-60(55-72(66)78)58-39-43-62-63-44-40-59(54-69(63)77-76(68(62)53-58)80-74-47-38-57(5)52-75(74)81-77)61-42-46-67-65-35-27-29-37-71(65)79(73(67)56-61,50-32-24-20-16-12-8-3)51-33-25-21-17-13-9-4/h26-29,34-47,52-56H,6-25,30-33,48-51H2,1-5H3. The van der Waals surface area contributed by atoms with Crippen LogP contribution in [-0.2, 0) is 10.8 Å². The third-order valence-corrected chi connectivity index (χ3v) is 19.7. The molecular formula is C79H94N2. The maximum atomic E-state index is 5.61. The van der Waals surface area contributed by atoms with Crippen LogP contribution in [0.2, 0.25) is 0 Å². The van der Waals surface area contributed by atoms with E-state index in [-0.39, 0.29) is 10.8 Å². The van der Waals surface area contributed by atoms with Gasteiger partial charge in [-0.3, -0.25) is 0 Å². The Morgan fingerprint density at radius 2 is 0.630 bits per heavy atom. The van der Waals surface area contributed by atoms with Crippen molar-refractivity contribution in [2.45, 2.75) is 225 Å². The van der Waals surface area contributed by atoms with Crippen molar-refractivity contribution in [2.75, 3.05) is 0 Å². The predicted molar refractivity (Wildman–Crippen MR) is 352 cm³/mol. The molecule has 9 aromatic rings. The maximum Gasteiger partial charge on any atom is 0.0979 e. The van der Waals surface area contributed by atoms with Gasteiger partial charge in [0.25, 0.3) is 0 Å². The Balaban J connectivity index is 1.00. The Labute approximate surface area is 488 Å². The minimum atomic E-state index is 0.0310. The molecule has 0 fully saturated rings. The lowest BCUT2D eigenvalue weighted by Gasteiger charge is -2.33. The number of unbranched alkanes of at least 4 members (excludes halogenated alkanes) is 20. The fourth-order valence-corrected chi connectivity index (χ4v) is 15.3. The van der Waals surface area contributed by atoms with Gasteiger partial charge in [0.15, 0.2) is 0 Å². The number of fused-ring (bicyclic) bond motifs is 13. The topological polar surface area (TPSA) is 25.8 Å². The second kappa shape index (κ2) is 26.4. The van der Waals surface area contributed by atoms with Crippen molar-refractivity contribution in [2.24, 2.45) is 0 Å². The highest BCUT2D eigenvalue weighted by Crippen LogP contribution is 2.57. The molecule has 0 aliphatic heterocycles. The third kappa shape index (κ3) is 11.7. The van der Waals surface area contributed by atoms with Gasteiger partial charge >= 0.3 is 0 Å². The Kier molecular flexibility index (Phi) is 18.5. The number of benzene rings is 8. The molecule has 0 unspecified atom stereocenters. The summed E-state index contributed by atoms with van der Waals surface area (Å²) in [4.78, 5) is 11.2. The molecule has 0 bridgehead atoms. The van der Waals surface area contributed by atoms with E-state index in [4.69, 9.17) is 9.97 Å².